The molecule has 1 atom stereocenters. The molecule has 0 aromatic carbocycles. The van der Waals surface area contributed by atoms with Crippen molar-refractivity contribution in [2.24, 2.45) is 0 Å². The van der Waals surface area contributed by atoms with E-state index in [1.54, 1.807) is 0 Å². The van der Waals surface area contributed by atoms with Gasteiger partial charge in [-0.2, -0.15) is 0 Å². The van der Waals surface area contributed by atoms with Gasteiger partial charge in [-0.1, -0.05) is 0 Å². The predicted octanol–water partition coefficient (Wildman–Crippen LogP) is 1.40. The van der Waals surface area contributed by atoms with Gasteiger partial charge in [-0.3, -0.25) is 0 Å². The third-order valence-electron chi connectivity index (χ3n) is 3.29. The summed E-state index contributed by atoms with van der Waals surface area (Å²) in [5, 5.41) is 3.91. The molecule has 1 amide bonds. The third kappa shape index (κ3) is 19.5. The fourth-order valence-electron chi connectivity index (χ4n) is 2.10. The van der Waals surface area contributed by atoms with Crippen LogP contribution in [-0.2, 0) is 4.79 Å². The molecule has 0 aliphatic rings. The first-order chi connectivity index (χ1) is 9.16. The Morgan fingerprint density at radius 1 is 1.10 bits per heavy atom. The fourth-order valence-corrected chi connectivity index (χ4v) is 4.10. The Hall–Kier alpha value is 1.50. The fraction of sp³-hybridized carbons (Fsp3) is 0.875. The van der Waals surface area contributed by atoms with Gasteiger partial charge in [0.05, 0.1) is 0 Å². The summed E-state index contributed by atoms with van der Waals surface area (Å²) < 4.78 is 0. The van der Waals surface area contributed by atoms with Crippen LogP contribution in [0, 0.1) is 6.92 Å². The van der Waals surface area contributed by atoms with E-state index in [0.29, 0.717) is 15.0 Å². The van der Waals surface area contributed by atoms with Gasteiger partial charge >= 0.3 is 178 Å². The number of carbonyl (C=O) groups excluding carboxylic acids is 1. The van der Waals surface area contributed by atoms with Crippen LogP contribution >= 0.6 is 0 Å². The minimum Gasteiger partial charge on any atom is 1.00 e. The normalized spacial score (nSPS) is 11.7. The maximum atomic E-state index is 10.6. The average Bonchev–Trinajstić information content (AvgIpc) is 2.37. The number of hydrogen-bond donors (Lipinski definition) is 1. The zero-order valence-corrected chi connectivity index (χ0v) is 18.7. The van der Waals surface area contributed by atoms with E-state index in [1.807, 2.05) is 0 Å². The van der Waals surface area contributed by atoms with Crippen LogP contribution in [0.4, 0.5) is 0 Å². The molecule has 0 bridgehead atoms. The Balaban J connectivity index is 0. The van der Waals surface area contributed by atoms with Gasteiger partial charge in [0.25, 0.3) is 0 Å². The SMILES string of the molecule is [CH2-]C(=O)NCC[Se]C(C)CCCCCCCCCC.[K+]. The maximum absolute atomic E-state index is 10.6. The van der Waals surface area contributed by atoms with Crippen LogP contribution in [0.5, 0.6) is 0 Å². The Bertz CT molecular complexity index is 215. The molecule has 0 fully saturated rings. The smallest absolute Gasteiger partial charge is 1.00 e. The van der Waals surface area contributed by atoms with Gasteiger partial charge in [0, 0.05) is 0 Å². The molecule has 2 nitrogen and oxygen atoms in total. The second kappa shape index (κ2) is 18.5. The van der Waals surface area contributed by atoms with Crippen molar-refractivity contribution in [3.63, 3.8) is 0 Å². The van der Waals surface area contributed by atoms with Crippen molar-refractivity contribution >= 4 is 20.9 Å². The second-order valence-corrected chi connectivity index (χ2v) is 8.54. The van der Waals surface area contributed by atoms with E-state index in [9.17, 15) is 4.79 Å². The zero-order chi connectivity index (χ0) is 14.3. The molecule has 0 spiro atoms. The largest absolute Gasteiger partial charge is 1.00 e. The minimum atomic E-state index is -0.147. The summed E-state index contributed by atoms with van der Waals surface area (Å²) in [5.41, 5.74) is 0. The van der Waals surface area contributed by atoms with E-state index in [-0.39, 0.29) is 57.3 Å². The summed E-state index contributed by atoms with van der Waals surface area (Å²) in [6.45, 7) is 8.74. The van der Waals surface area contributed by atoms with Crippen molar-refractivity contribution in [1.29, 1.82) is 0 Å². The molecule has 0 aromatic heterocycles. The molecule has 0 aliphatic heterocycles. The Morgan fingerprint density at radius 3 is 2.20 bits per heavy atom. The first-order valence-corrected chi connectivity index (χ1v) is 10.1. The molecule has 0 radical (unpaired) electrons. The maximum Gasteiger partial charge on any atom is 1.00 e. The van der Waals surface area contributed by atoms with E-state index in [4.69, 9.17) is 0 Å². The molecule has 20 heavy (non-hydrogen) atoms. The molecule has 1 unspecified atom stereocenters. The quantitative estimate of drug-likeness (QED) is 0.296. The van der Waals surface area contributed by atoms with Gasteiger partial charge in [0.15, 0.2) is 0 Å². The summed E-state index contributed by atoms with van der Waals surface area (Å²) in [5.74, 6) is -0.147. The summed E-state index contributed by atoms with van der Waals surface area (Å²) in [4.78, 5) is 11.5. The number of carbonyl (C=O) groups is 1. The van der Waals surface area contributed by atoms with Crippen LogP contribution in [0.2, 0.25) is 10.1 Å². The van der Waals surface area contributed by atoms with Gasteiger partial charge in [-0.25, -0.2) is 0 Å². The van der Waals surface area contributed by atoms with E-state index in [0.717, 1.165) is 16.7 Å². The molecular formula is C16H32KNOSe. The first-order valence-electron chi connectivity index (χ1n) is 7.88. The van der Waals surface area contributed by atoms with Gasteiger partial charge in [0.2, 0.25) is 0 Å². The van der Waals surface area contributed by atoms with Crippen molar-refractivity contribution in [3.05, 3.63) is 6.92 Å². The van der Waals surface area contributed by atoms with E-state index in [1.165, 1.54) is 57.8 Å². The van der Waals surface area contributed by atoms with Crippen molar-refractivity contribution in [2.75, 3.05) is 6.54 Å². The van der Waals surface area contributed by atoms with Crippen LogP contribution in [0.3, 0.4) is 0 Å². The van der Waals surface area contributed by atoms with Gasteiger partial charge in [0.1, 0.15) is 0 Å². The van der Waals surface area contributed by atoms with Crippen LogP contribution in [0.25, 0.3) is 0 Å². The van der Waals surface area contributed by atoms with Gasteiger partial charge in [-0.15, -0.1) is 0 Å². The van der Waals surface area contributed by atoms with Crippen molar-refractivity contribution < 1.29 is 56.2 Å². The standard InChI is InChI=1S/C16H32NOSe.K/c1-4-5-6-7-8-9-10-11-12-15(2)19-14-13-17-16(3)18;/h15H,3-14H2,1-2H3,(H,17,18);/q-1;+1. The molecule has 0 saturated carbocycles. The van der Waals surface area contributed by atoms with Crippen LogP contribution in [-0.4, -0.2) is 27.4 Å². The first kappa shape index (κ1) is 23.8. The van der Waals surface area contributed by atoms with E-state index < -0.39 is 0 Å². The number of amides is 1. The number of rotatable bonds is 13. The predicted molar refractivity (Wildman–Crippen MR) is 85.6 cm³/mol. The van der Waals surface area contributed by atoms with E-state index in [2.05, 4.69) is 26.1 Å². The second-order valence-electron chi connectivity index (χ2n) is 5.29. The number of unbranched alkanes of at least 4 members (excludes halogenated alkanes) is 7. The van der Waals surface area contributed by atoms with Crippen LogP contribution < -0.4 is 56.7 Å². The Morgan fingerprint density at radius 2 is 1.65 bits per heavy atom. The summed E-state index contributed by atoms with van der Waals surface area (Å²) >= 11 is 0.670. The summed E-state index contributed by atoms with van der Waals surface area (Å²) in [6, 6.07) is 0. The molecule has 1 N–H and O–H groups in total. The van der Waals surface area contributed by atoms with Crippen LogP contribution in [0.15, 0.2) is 0 Å². The zero-order valence-electron chi connectivity index (χ0n) is 13.9. The molecule has 0 aliphatic carbocycles. The topological polar surface area (TPSA) is 29.1 Å². The number of hydrogen-bond acceptors (Lipinski definition) is 1. The van der Waals surface area contributed by atoms with Gasteiger partial charge < -0.3 is 0 Å². The molecule has 0 aromatic rings. The van der Waals surface area contributed by atoms with E-state index >= 15 is 0 Å². The Labute approximate surface area is 175 Å². The molecule has 0 rings (SSSR count). The molecule has 4 heteroatoms. The van der Waals surface area contributed by atoms with Gasteiger partial charge in [-0.05, 0) is 0 Å². The molecule has 114 valence electrons. The van der Waals surface area contributed by atoms with Crippen molar-refractivity contribution in [3.8, 4) is 0 Å². The van der Waals surface area contributed by atoms with Crippen molar-refractivity contribution in [1.82, 2.24) is 5.32 Å². The van der Waals surface area contributed by atoms with Crippen molar-refractivity contribution in [2.45, 2.75) is 81.8 Å². The monoisotopic (exact) mass is 373 g/mol. The summed E-state index contributed by atoms with van der Waals surface area (Å²) in [6.07, 6.45) is 12.6. The third-order valence-corrected chi connectivity index (χ3v) is 5.90. The minimum absolute atomic E-state index is 0. The average molecular weight is 372 g/mol. The molecule has 0 saturated heterocycles. The van der Waals surface area contributed by atoms with Crippen LogP contribution in [0.1, 0.15) is 71.6 Å². The molecule has 0 heterocycles. The molecular weight excluding hydrogens is 340 g/mol. The summed E-state index contributed by atoms with van der Waals surface area (Å²) in [7, 11) is 0. The Kier molecular flexibility index (Phi) is 22.0. The number of nitrogens with one attached hydrogen (secondary N) is 1.